The maximum atomic E-state index is 13.5. The van der Waals surface area contributed by atoms with E-state index in [1.165, 1.54) is 5.56 Å². The summed E-state index contributed by atoms with van der Waals surface area (Å²) in [6.45, 7) is 7.86. The smallest absolute Gasteiger partial charge is 0.253 e. The molecular weight excluding hydrogens is 432 g/mol. The molecule has 0 unspecified atom stereocenters. The molecule has 4 aromatic rings. The molecule has 3 aromatic carbocycles. The Morgan fingerprint density at radius 2 is 1.49 bits per heavy atom. The van der Waals surface area contributed by atoms with Gasteiger partial charge in [-0.2, -0.15) is 0 Å². The summed E-state index contributed by atoms with van der Waals surface area (Å²) < 4.78 is 7.54. The highest BCUT2D eigenvalue weighted by Gasteiger charge is 2.27. The molecule has 0 saturated heterocycles. The monoisotopic (exact) mass is 466 g/mol. The Balaban J connectivity index is 1.67. The molecule has 0 bridgehead atoms. The second-order valence-corrected chi connectivity index (χ2v) is 9.83. The van der Waals surface area contributed by atoms with Crippen LogP contribution in [0.5, 0.6) is 5.75 Å². The van der Waals surface area contributed by atoms with Crippen molar-refractivity contribution in [1.82, 2.24) is 9.88 Å². The largest absolute Gasteiger partial charge is 0.497 e. The summed E-state index contributed by atoms with van der Waals surface area (Å²) in [7, 11) is 1.66. The number of nitrogens with one attached hydrogen (secondary N) is 1. The Labute approximate surface area is 208 Å². The lowest BCUT2D eigenvalue weighted by atomic mass is 9.91. The molecule has 35 heavy (non-hydrogen) atoms. The zero-order valence-corrected chi connectivity index (χ0v) is 21.0. The molecule has 0 radical (unpaired) electrons. The van der Waals surface area contributed by atoms with E-state index >= 15 is 0 Å². The highest BCUT2D eigenvalue weighted by molar-refractivity contribution is 6.00. The third-order valence-corrected chi connectivity index (χ3v) is 6.20. The molecule has 0 fully saturated rings. The van der Waals surface area contributed by atoms with Crippen molar-refractivity contribution in [3.05, 3.63) is 113 Å². The highest BCUT2D eigenvalue weighted by Crippen LogP contribution is 2.34. The summed E-state index contributed by atoms with van der Waals surface area (Å²) in [5.41, 5.74) is 6.09. The second-order valence-electron chi connectivity index (χ2n) is 9.83. The number of hydrogen-bond donors (Lipinski definition) is 1. The summed E-state index contributed by atoms with van der Waals surface area (Å²) in [5, 5.41) is 3.16. The van der Waals surface area contributed by atoms with Gasteiger partial charge in [0, 0.05) is 24.2 Å². The molecule has 0 saturated carbocycles. The Morgan fingerprint density at radius 3 is 2.09 bits per heavy atom. The number of rotatable bonds is 8. The van der Waals surface area contributed by atoms with Crippen molar-refractivity contribution in [2.75, 3.05) is 13.7 Å². The van der Waals surface area contributed by atoms with Gasteiger partial charge in [-0.15, -0.1) is 0 Å². The van der Waals surface area contributed by atoms with Gasteiger partial charge in [-0.05, 0) is 41.3 Å². The maximum Gasteiger partial charge on any atom is 0.253 e. The quantitative estimate of drug-likeness (QED) is 0.323. The number of nitrogens with zero attached hydrogens (tertiary/aromatic N) is 1. The molecule has 0 aliphatic carbocycles. The number of amides is 1. The van der Waals surface area contributed by atoms with E-state index in [4.69, 9.17) is 4.74 Å². The zero-order chi connectivity index (χ0) is 24.8. The van der Waals surface area contributed by atoms with Gasteiger partial charge in [-0.25, -0.2) is 0 Å². The van der Waals surface area contributed by atoms with Gasteiger partial charge >= 0.3 is 0 Å². The lowest BCUT2D eigenvalue weighted by Crippen LogP contribution is -2.26. The third kappa shape index (κ3) is 5.83. The van der Waals surface area contributed by atoms with Crippen LogP contribution in [0.3, 0.4) is 0 Å². The normalized spacial score (nSPS) is 11.3. The van der Waals surface area contributed by atoms with E-state index in [0.29, 0.717) is 18.7 Å². The maximum absolute atomic E-state index is 13.5. The van der Waals surface area contributed by atoms with E-state index in [9.17, 15) is 4.79 Å². The molecular formula is C31H34N2O2. The van der Waals surface area contributed by atoms with Crippen LogP contribution in [0.1, 0.15) is 48.0 Å². The molecule has 4 heteroatoms. The second kappa shape index (κ2) is 10.6. The van der Waals surface area contributed by atoms with Crippen LogP contribution in [-0.2, 0) is 18.4 Å². The van der Waals surface area contributed by atoms with Crippen LogP contribution >= 0.6 is 0 Å². The van der Waals surface area contributed by atoms with Crippen LogP contribution in [0.2, 0.25) is 0 Å². The molecule has 1 heterocycles. The van der Waals surface area contributed by atoms with E-state index in [1.54, 1.807) is 7.11 Å². The Hall–Kier alpha value is -3.79. The van der Waals surface area contributed by atoms with Crippen LogP contribution in [0.4, 0.5) is 0 Å². The summed E-state index contributed by atoms with van der Waals surface area (Å²) in [6, 6.07) is 30.7. The molecule has 180 valence electrons. The number of carbonyl (C=O) groups excluding carboxylic acids is 1. The lowest BCUT2D eigenvalue weighted by Gasteiger charge is -2.23. The average Bonchev–Trinajstić information content (AvgIpc) is 3.25. The van der Waals surface area contributed by atoms with Crippen LogP contribution in [0, 0.1) is 0 Å². The number of aromatic nitrogens is 1. The van der Waals surface area contributed by atoms with E-state index < -0.39 is 0 Å². The van der Waals surface area contributed by atoms with Gasteiger partial charge in [0.2, 0.25) is 0 Å². The number of hydrogen-bond acceptors (Lipinski definition) is 2. The molecule has 0 atom stereocenters. The van der Waals surface area contributed by atoms with Crippen LogP contribution in [-0.4, -0.2) is 24.1 Å². The Bertz CT molecular complexity index is 1250. The highest BCUT2D eigenvalue weighted by atomic mass is 16.5. The minimum Gasteiger partial charge on any atom is -0.497 e. The fourth-order valence-electron chi connectivity index (χ4n) is 4.39. The zero-order valence-electron chi connectivity index (χ0n) is 21.0. The van der Waals surface area contributed by atoms with Crippen molar-refractivity contribution in [3.8, 4) is 17.0 Å². The van der Waals surface area contributed by atoms with Gasteiger partial charge in [-0.3, -0.25) is 4.79 Å². The third-order valence-electron chi connectivity index (χ3n) is 6.20. The lowest BCUT2D eigenvalue weighted by molar-refractivity contribution is 0.0955. The van der Waals surface area contributed by atoms with Crippen LogP contribution in [0.25, 0.3) is 11.3 Å². The SMILES string of the molecule is COc1ccc(CCNC(=O)c2cc(C(C)(C)C)n(Cc3ccccc3)c2-c2ccccc2)cc1. The first kappa shape index (κ1) is 24.3. The first-order valence-corrected chi connectivity index (χ1v) is 12.1. The predicted molar refractivity (Wildman–Crippen MR) is 143 cm³/mol. The van der Waals surface area contributed by atoms with E-state index in [0.717, 1.165) is 34.7 Å². The summed E-state index contributed by atoms with van der Waals surface area (Å²) in [6.07, 6.45) is 0.757. The van der Waals surface area contributed by atoms with Crippen LogP contribution in [0.15, 0.2) is 91.0 Å². The molecule has 1 N–H and O–H groups in total. The first-order chi connectivity index (χ1) is 16.9. The first-order valence-electron chi connectivity index (χ1n) is 12.1. The number of ether oxygens (including phenoxy) is 1. The molecule has 4 rings (SSSR count). The van der Waals surface area contributed by atoms with Crippen molar-refractivity contribution in [2.24, 2.45) is 0 Å². The minimum absolute atomic E-state index is 0.0466. The molecule has 1 aromatic heterocycles. The molecule has 0 spiro atoms. The van der Waals surface area contributed by atoms with Crippen molar-refractivity contribution in [1.29, 1.82) is 0 Å². The Morgan fingerprint density at radius 1 is 0.857 bits per heavy atom. The van der Waals surface area contributed by atoms with Gasteiger partial charge in [0.05, 0.1) is 18.4 Å². The average molecular weight is 467 g/mol. The van der Waals surface area contributed by atoms with Gasteiger partial charge in [0.15, 0.2) is 0 Å². The van der Waals surface area contributed by atoms with Crippen LogP contribution < -0.4 is 10.1 Å². The van der Waals surface area contributed by atoms with Gasteiger partial charge < -0.3 is 14.6 Å². The van der Waals surface area contributed by atoms with Gasteiger partial charge in [0.25, 0.3) is 5.91 Å². The van der Waals surface area contributed by atoms with Gasteiger partial charge in [-0.1, -0.05) is 93.6 Å². The topological polar surface area (TPSA) is 43.3 Å². The van der Waals surface area contributed by atoms with Crippen molar-refractivity contribution < 1.29 is 9.53 Å². The predicted octanol–water partition coefficient (Wildman–Crippen LogP) is 6.48. The number of carbonyl (C=O) groups is 1. The van der Waals surface area contributed by atoms with Crippen molar-refractivity contribution >= 4 is 5.91 Å². The van der Waals surface area contributed by atoms with Crippen molar-refractivity contribution in [3.63, 3.8) is 0 Å². The van der Waals surface area contributed by atoms with E-state index in [2.05, 4.69) is 73.1 Å². The summed E-state index contributed by atoms with van der Waals surface area (Å²) in [5.74, 6) is 0.787. The van der Waals surface area contributed by atoms with Gasteiger partial charge in [0.1, 0.15) is 5.75 Å². The minimum atomic E-state index is -0.125. The number of benzene rings is 3. The molecule has 4 nitrogen and oxygen atoms in total. The fraction of sp³-hybridized carbons (Fsp3) is 0.258. The summed E-state index contributed by atoms with van der Waals surface area (Å²) >= 11 is 0. The van der Waals surface area contributed by atoms with E-state index in [1.807, 2.05) is 48.5 Å². The number of methoxy groups -OCH3 is 1. The molecule has 0 aliphatic heterocycles. The molecule has 1 amide bonds. The van der Waals surface area contributed by atoms with Crippen molar-refractivity contribution in [2.45, 2.75) is 39.2 Å². The Kier molecular flexibility index (Phi) is 7.40. The van der Waals surface area contributed by atoms with E-state index in [-0.39, 0.29) is 11.3 Å². The fourth-order valence-corrected chi connectivity index (χ4v) is 4.39. The standard InChI is InChI=1S/C31H34N2O2/c1-31(2,3)28-21-27(30(34)32-20-19-23-15-17-26(35-4)18-16-23)29(25-13-9-6-10-14-25)33(28)22-24-11-7-5-8-12-24/h5-18,21H,19-20,22H2,1-4H3,(H,32,34). The molecule has 0 aliphatic rings. The summed E-state index contributed by atoms with van der Waals surface area (Å²) in [4.78, 5) is 13.5.